The van der Waals surface area contributed by atoms with E-state index in [1.54, 1.807) is 18.5 Å². The lowest BCUT2D eigenvalue weighted by Crippen LogP contribution is -2.00. The molecule has 136 valence electrons. The quantitative estimate of drug-likeness (QED) is 0.579. The Morgan fingerprint density at radius 3 is 2.08 bits per heavy atom. The molecule has 0 aromatic carbocycles. The molecule has 0 radical (unpaired) electrons. The first-order chi connectivity index (χ1) is 12.3. The molecule has 2 rings (SSSR count). The van der Waals surface area contributed by atoms with Gasteiger partial charge in [0.1, 0.15) is 0 Å². The predicted octanol–water partition coefficient (Wildman–Crippen LogP) is 6.73. The highest BCUT2D eigenvalue weighted by Gasteiger charge is 2.04. The maximum Gasteiger partial charge on any atom is 0.0894 e. The van der Waals surface area contributed by atoms with Gasteiger partial charge in [-0.05, 0) is 37.3 Å². The van der Waals surface area contributed by atoms with Gasteiger partial charge in [-0.3, -0.25) is 9.98 Å². The molecule has 0 saturated carbocycles. The topological polar surface area (TPSA) is 38.1 Å². The Morgan fingerprint density at radius 1 is 0.920 bits per heavy atom. The predicted molar refractivity (Wildman–Crippen MR) is 113 cm³/mol. The second-order valence-electron chi connectivity index (χ2n) is 3.82. The molecule has 0 aliphatic rings. The number of hydrogen-bond donors (Lipinski definition) is 0. The average molecular weight is 340 g/mol. The minimum Gasteiger partial charge on any atom is -0.255 e. The molecule has 0 spiro atoms. The largest absolute Gasteiger partial charge is 0.255 e. The van der Waals surface area contributed by atoms with Crippen LogP contribution < -0.4 is 0 Å². The van der Waals surface area contributed by atoms with Gasteiger partial charge in [0.2, 0.25) is 0 Å². The van der Waals surface area contributed by atoms with Gasteiger partial charge < -0.3 is 0 Å². The summed E-state index contributed by atoms with van der Waals surface area (Å²) in [5.41, 5.74) is 3.21. The Morgan fingerprint density at radius 2 is 1.56 bits per heavy atom. The maximum atomic E-state index is 4.57. The van der Waals surface area contributed by atoms with Crippen LogP contribution in [0.3, 0.4) is 0 Å². The maximum absolute atomic E-state index is 4.57. The van der Waals surface area contributed by atoms with Crippen LogP contribution >= 0.6 is 0 Å². The van der Waals surface area contributed by atoms with E-state index in [0.29, 0.717) is 0 Å². The van der Waals surface area contributed by atoms with Crippen LogP contribution in [-0.4, -0.2) is 15.7 Å². The van der Waals surface area contributed by atoms with E-state index in [2.05, 4.69) is 21.5 Å². The monoisotopic (exact) mass is 339 g/mol. The van der Waals surface area contributed by atoms with Crippen LogP contribution in [0.2, 0.25) is 0 Å². The summed E-state index contributed by atoms with van der Waals surface area (Å²) < 4.78 is 0. The molecule has 0 unspecified atom stereocenters. The summed E-state index contributed by atoms with van der Waals surface area (Å²) in [6.07, 6.45) is 7.05. The fourth-order valence-corrected chi connectivity index (χ4v) is 1.61. The van der Waals surface area contributed by atoms with Crippen LogP contribution in [0.4, 0.5) is 0 Å². The van der Waals surface area contributed by atoms with Crippen molar-refractivity contribution in [1.29, 1.82) is 0 Å². The average Bonchev–Trinajstić information content (AvgIpc) is 2.74. The van der Waals surface area contributed by atoms with E-state index >= 15 is 0 Å². The number of hydrogen-bond acceptors (Lipinski definition) is 3. The molecule has 2 aromatic heterocycles. The van der Waals surface area contributed by atoms with Gasteiger partial charge in [0.15, 0.2) is 0 Å². The normalized spacial score (nSPS) is 9.64. The van der Waals surface area contributed by atoms with Crippen molar-refractivity contribution in [3.05, 3.63) is 73.2 Å². The van der Waals surface area contributed by atoms with E-state index in [9.17, 15) is 0 Å². The number of aromatic nitrogens is 2. The summed E-state index contributed by atoms with van der Waals surface area (Å²) in [5.74, 6) is 0. The lowest BCUT2D eigenvalue weighted by atomic mass is 10.2. The van der Waals surface area contributed by atoms with Gasteiger partial charge in [0.05, 0.1) is 22.8 Å². The van der Waals surface area contributed by atoms with Crippen LogP contribution in [0.5, 0.6) is 0 Å². The molecule has 3 heteroatoms. The highest BCUT2D eigenvalue weighted by molar-refractivity contribution is 6.07. The van der Waals surface area contributed by atoms with Crippen molar-refractivity contribution in [2.24, 2.45) is 4.99 Å². The summed E-state index contributed by atoms with van der Waals surface area (Å²) in [5, 5.41) is 0. The zero-order valence-corrected chi connectivity index (χ0v) is 16.8. The van der Waals surface area contributed by atoms with Crippen LogP contribution in [0, 0.1) is 0 Å². The molecule has 0 aliphatic heterocycles. The SMILES string of the molecule is C=CC(=N/C=C\C)c1cccc(-c2ccccn2)n1.CC.CC.CC. The highest BCUT2D eigenvalue weighted by Crippen LogP contribution is 2.14. The van der Waals surface area contributed by atoms with Gasteiger partial charge in [-0.15, -0.1) is 0 Å². The Hall–Kier alpha value is -2.55. The molecule has 0 aliphatic carbocycles. The molecular weight excluding hydrogens is 306 g/mol. The van der Waals surface area contributed by atoms with E-state index < -0.39 is 0 Å². The van der Waals surface area contributed by atoms with Gasteiger partial charge in [0, 0.05) is 12.4 Å². The Bertz CT molecular complexity index is 614. The van der Waals surface area contributed by atoms with Crippen LogP contribution in [0.15, 0.2) is 72.5 Å². The third kappa shape index (κ3) is 9.36. The van der Waals surface area contributed by atoms with Gasteiger partial charge in [-0.2, -0.15) is 0 Å². The number of rotatable bonds is 4. The lowest BCUT2D eigenvalue weighted by molar-refractivity contribution is 1.23. The summed E-state index contributed by atoms with van der Waals surface area (Å²) >= 11 is 0. The van der Waals surface area contributed by atoms with E-state index in [-0.39, 0.29) is 0 Å². The smallest absolute Gasteiger partial charge is 0.0894 e. The molecule has 3 nitrogen and oxygen atoms in total. The fraction of sp³-hybridized carbons (Fsp3) is 0.318. The number of nitrogens with zero attached hydrogens (tertiary/aromatic N) is 3. The third-order valence-corrected chi connectivity index (χ3v) is 2.49. The van der Waals surface area contributed by atoms with E-state index in [1.807, 2.05) is 90.9 Å². The van der Waals surface area contributed by atoms with Crippen molar-refractivity contribution in [3.63, 3.8) is 0 Å². The second-order valence-corrected chi connectivity index (χ2v) is 3.82. The van der Waals surface area contributed by atoms with Crippen LogP contribution in [0.25, 0.3) is 11.4 Å². The zero-order chi connectivity index (χ0) is 19.5. The minimum atomic E-state index is 0.746. The van der Waals surface area contributed by atoms with Crippen molar-refractivity contribution in [1.82, 2.24) is 9.97 Å². The molecule has 0 atom stereocenters. The molecule has 0 saturated heterocycles. The molecular formula is C22H33N3. The number of allylic oxidation sites excluding steroid dienone is 2. The first-order valence-corrected chi connectivity index (χ1v) is 9.05. The van der Waals surface area contributed by atoms with Crippen molar-refractivity contribution in [2.75, 3.05) is 0 Å². The number of aliphatic imine (C=N–C) groups is 1. The molecule has 0 N–H and O–H groups in total. The number of pyridine rings is 2. The van der Waals surface area contributed by atoms with E-state index in [4.69, 9.17) is 0 Å². The first-order valence-electron chi connectivity index (χ1n) is 9.05. The molecule has 0 fully saturated rings. The fourth-order valence-electron chi connectivity index (χ4n) is 1.61. The lowest BCUT2D eigenvalue weighted by Gasteiger charge is -2.03. The van der Waals surface area contributed by atoms with Crippen molar-refractivity contribution >= 4 is 5.71 Å². The van der Waals surface area contributed by atoms with Crippen LogP contribution in [-0.2, 0) is 0 Å². The third-order valence-electron chi connectivity index (χ3n) is 2.49. The van der Waals surface area contributed by atoms with Gasteiger partial charge in [-0.25, -0.2) is 4.98 Å². The Labute approximate surface area is 154 Å². The molecule has 0 bridgehead atoms. The standard InChI is InChI=1S/C16H15N3.3C2H6/c1-3-11-17-13(4-2)15-9-7-10-16(19-15)14-8-5-6-12-18-14;3*1-2/h3-12H,2H2,1H3;3*1-2H3/b11-3-,17-13?;;;. The molecule has 2 heterocycles. The zero-order valence-electron chi connectivity index (χ0n) is 16.8. The summed E-state index contributed by atoms with van der Waals surface area (Å²) in [6.45, 7) is 17.7. The molecule has 25 heavy (non-hydrogen) atoms. The van der Waals surface area contributed by atoms with Crippen molar-refractivity contribution in [2.45, 2.75) is 48.5 Å². The summed E-state index contributed by atoms with van der Waals surface area (Å²) in [7, 11) is 0. The minimum absolute atomic E-state index is 0.746. The van der Waals surface area contributed by atoms with Crippen molar-refractivity contribution in [3.8, 4) is 11.4 Å². The van der Waals surface area contributed by atoms with E-state index in [1.165, 1.54) is 0 Å². The van der Waals surface area contributed by atoms with Gasteiger partial charge in [0.25, 0.3) is 0 Å². The second kappa shape index (κ2) is 17.8. The molecule has 0 amide bonds. The summed E-state index contributed by atoms with van der Waals surface area (Å²) in [4.78, 5) is 13.2. The Balaban J connectivity index is 0. The Kier molecular flexibility index (Phi) is 17.6. The van der Waals surface area contributed by atoms with Gasteiger partial charge >= 0.3 is 0 Å². The van der Waals surface area contributed by atoms with Crippen molar-refractivity contribution < 1.29 is 0 Å². The van der Waals surface area contributed by atoms with Gasteiger partial charge in [-0.1, -0.05) is 66.3 Å². The van der Waals surface area contributed by atoms with Crippen LogP contribution in [0.1, 0.15) is 54.2 Å². The summed E-state index contributed by atoms with van der Waals surface area (Å²) in [6, 6.07) is 11.6. The first kappa shape index (κ1) is 24.7. The van der Waals surface area contributed by atoms with E-state index in [0.717, 1.165) is 22.8 Å². The molecule has 2 aromatic rings. The highest BCUT2D eigenvalue weighted by atomic mass is 14.8.